The van der Waals surface area contributed by atoms with Crippen molar-refractivity contribution in [3.8, 4) is 0 Å². The van der Waals surface area contributed by atoms with Gasteiger partial charge in [0.15, 0.2) is 5.82 Å². The van der Waals surface area contributed by atoms with Crippen LogP contribution in [0.3, 0.4) is 0 Å². The number of carbonyl (C=O) groups is 1. The summed E-state index contributed by atoms with van der Waals surface area (Å²) in [6, 6.07) is 0. The third-order valence-corrected chi connectivity index (χ3v) is 5.34. The molecule has 148 valence electrons. The van der Waals surface area contributed by atoms with Gasteiger partial charge in [-0.05, 0) is 25.3 Å². The minimum atomic E-state index is 0.179. The van der Waals surface area contributed by atoms with E-state index < -0.39 is 0 Å². The number of nitrogens with zero attached hydrogens (tertiary/aromatic N) is 8. The van der Waals surface area contributed by atoms with Crippen LogP contribution in [0.4, 0.5) is 0 Å². The monoisotopic (exact) mass is 382 g/mol. The van der Waals surface area contributed by atoms with E-state index in [4.69, 9.17) is 0 Å². The van der Waals surface area contributed by atoms with Crippen LogP contribution in [0, 0.1) is 6.92 Å². The van der Waals surface area contributed by atoms with Crippen molar-refractivity contribution in [2.75, 3.05) is 13.1 Å². The Labute approximate surface area is 164 Å². The zero-order chi connectivity index (χ0) is 19.5. The van der Waals surface area contributed by atoms with E-state index in [0.717, 1.165) is 36.6 Å². The Morgan fingerprint density at radius 2 is 2.21 bits per heavy atom. The van der Waals surface area contributed by atoms with E-state index in [2.05, 4.69) is 24.8 Å². The summed E-state index contributed by atoms with van der Waals surface area (Å²) in [5.41, 5.74) is 1.11. The van der Waals surface area contributed by atoms with Gasteiger partial charge in [-0.3, -0.25) is 9.48 Å². The smallest absolute Gasteiger partial charge is 0.224 e. The molecule has 1 unspecified atom stereocenters. The third kappa shape index (κ3) is 3.97. The summed E-state index contributed by atoms with van der Waals surface area (Å²) in [4.78, 5) is 18.7. The number of hydrogen-bond acceptors (Lipinski definition) is 5. The first-order chi connectivity index (χ1) is 13.6. The lowest BCUT2D eigenvalue weighted by molar-refractivity contribution is -0.132. The van der Waals surface area contributed by atoms with Crippen LogP contribution in [0.25, 0.3) is 0 Å². The SMILES string of the molecule is Cc1cnn(CCC(=O)N2CCCC(c3nnc(Cn4ccnc4)n3C)C2)c1. The number of rotatable bonds is 6. The van der Waals surface area contributed by atoms with Gasteiger partial charge in [0.1, 0.15) is 5.82 Å². The van der Waals surface area contributed by atoms with E-state index in [0.29, 0.717) is 26.1 Å². The first kappa shape index (κ1) is 18.4. The highest BCUT2D eigenvalue weighted by atomic mass is 16.2. The maximum atomic E-state index is 12.7. The second kappa shape index (κ2) is 7.95. The van der Waals surface area contributed by atoms with E-state index in [1.807, 2.05) is 46.7 Å². The number of aromatic nitrogens is 7. The maximum absolute atomic E-state index is 12.7. The summed E-state index contributed by atoms with van der Waals surface area (Å²) in [5.74, 6) is 2.25. The first-order valence-electron chi connectivity index (χ1n) is 9.71. The lowest BCUT2D eigenvalue weighted by Gasteiger charge is -2.32. The molecule has 9 heteroatoms. The van der Waals surface area contributed by atoms with E-state index >= 15 is 0 Å². The molecule has 1 atom stereocenters. The predicted molar refractivity (Wildman–Crippen MR) is 102 cm³/mol. The molecule has 1 fully saturated rings. The third-order valence-electron chi connectivity index (χ3n) is 5.34. The zero-order valence-corrected chi connectivity index (χ0v) is 16.4. The van der Waals surface area contributed by atoms with Crippen molar-refractivity contribution < 1.29 is 4.79 Å². The Hall–Kier alpha value is -2.97. The molecule has 28 heavy (non-hydrogen) atoms. The van der Waals surface area contributed by atoms with Crippen LogP contribution in [0.5, 0.6) is 0 Å². The highest BCUT2D eigenvalue weighted by Gasteiger charge is 2.28. The number of hydrogen-bond donors (Lipinski definition) is 0. The molecule has 0 aromatic carbocycles. The number of carbonyl (C=O) groups excluding carboxylic acids is 1. The lowest BCUT2D eigenvalue weighted by atomic mass is 9.97. The van der Waals surface area contributed by atoms with Crippen molar-refractivity contribution in [3.63, 3.8) is 0 Å². The number of piperidine rings is 1. The van der Waals surface area contributed by atoms with Crippen LogP contribution in [0.15, 0.2) is 31.1 Å². The Balaban J connectivity index is 1.38. The Morgan fingerprint density at radius 3 is 2.96 bits per heavy atom. The summed E-state index contributed by atoms with van der Waals surface area (Å²) in [6.45, 7) is 4.78. The van der Waals surface area contributed by atoms with Crippen molar-refractivity contribution in [1.29, 1.82) is 0 Å². The lowest BCUT2D eigenvalue weighted by Crippen LogP contribution is -2.40. The van der Waals surface area contributed by atoms with Gasteiger partial charge in [-0.1, -0.05) is 0 Å². The molecule has 0 spiro atoms. The van der Waals surface area contributed by atoms with Gasteiger partial charge in [-0.25, -0.2) is 4.98 Å². The van der Waals surface area contributed by atoms with Gasteiger partial charge in [0.25, 0.3) is 0 Å². The van der Waals surface area contributed by atoms with Gasteiger partial charge in [-0.2, -0.15) is 5.10 Å². The molecule has 0 N–H and O–H groups in total. The standard InChI is InChI=1S/C19H26N8O/c1-15-10-21-27(11-15)8-5-18(28)26-7-3-4-16(12-26)19-23-22-17(24(19)2)13-25-9-6-20-14-25/h6,9-11,14,16H,3-5,7-8,12-13H2,1-2H3. The number of likely N-dealkylation sites (tertiary alicyclic amines) is 1. The first-order valence-corrected chi connectivity index (χ1v) is 9.71. The number of amides is 1. The Bertz CT molecular complexity index is 926. The molecule has 0 aliphatic carbocycles. The molecule has 1 aliphatic heterocycles. The fourth-order valence-corrected chi connectivity index (χ4v) is 3.78. The van der Waals surface area contributed by atoms with Crippen LogP contribution in [0.2, 0.25) is 0 Å². The average Bonchev–Trinajstić information content (AvgIpc) is 3.44. The minimum absolute atomic E-state index is 0.179. The molecule has 1 aliphatic rings. The molecular weight excluding hydrogens is 356 g/mol. The van der Waals surface area contributed by atoms with E-state index in [1.165, 1.54) is 0 Å². The molecule has 1 amide bonds. The van der Waals surface area contributed by atoms with Crippen LogP contribution in [-0.2, 0) is 24.9 Å². The topological polar surface area (TPSA) is 86.7 Å². The van der Waals surface area contributed by atoms with Crippen LogP contribution in [0.1, 0.15) is 42.4 Å². The quantitative estimate of drug-likeness (QED) is 0.642. The summed E-state index contributed by atoms with van der Waals surface area (Å²) in [7, 11) is 2.00. The van der Waals surface area contributed by atoms with E-state index in [9.17, 15) is 4.79 Å². The fourth-order valence-electron chi connectivity index (χ4n) is 3.78. The molecule has 0 bridgehead atoms. The molecule has 3 aromatic rings. The normalized spacial score (nSPS) is 17.2. The van der Waals surface area contributed by atoms with E-state index in [1.54, 1.807) is 12.5 Å². The average molecular weight is 382 g/mol. The van der Waals surface area contributed by atoms with Gasteiger partial charge in [0.2, 0.25) is 5.91 Å². The molecule has 1 saturated heterocycles. The van der Waals surface area contributed by atoms with Crippen molar-refractivity contribution in [2.45, 2.75) is 45.2 Å². The van der Waals surface area contributed by atoms with E-state index in [-0.39, 0.29) is 11.8 Å². The molecule has 9 nitrogen and oxygen atoms in total. The molecule has 0 radical (unpaired) electrons. The molecule has 0 saturated carbocycles. The van der Waals surface area contributed by atoms with Crippen molar-refractivity contribution in [1.82, 2.24) is 39.0 Å². The largest absolute Gasteiger partial charge is 0.342 e. The number of aryl methyl sites for hydroxylation is 2. The van der Waals surface area contributed by atoms with Crippen molar-refractivity contribution >= 4 is 5.91 Å². The zero-order valence-electron chi connectivity index (χ0n) is 16.4. The highest BCUT2D eigenvalue weighted by molar-refractivity contribution is 5.76. The number of imidazole rings is 1. The Morgan fingerprint density at radius 1 is 1.32 bits per heavy atom. The van der Waals surface area contributed by atoms with Crippen LogP contribution >= 0.6 is 0 Å². The summed E-state index contributed by atoms with van der Waals surface area (Å²) < 4.78 is 5.87. The van der Waals surface area contributed by atoms with Gasteiger partial charge in [-0.15, -0.1) is 10.2 Å². The summed E-state index contributed by atoms with van der Waals surface area (Å²) >= 11 is 0. The predicted octanol–water partition coefficient (Wildman–Crippen LogP) is 1.36. The van der Waals surface area contributed by atoms with Gasteiger partial charge >= 0.3 is 0 Å². The maximum Gasteiger partial charge on any atom is 0.224 e. The highest BCUT2D eigenvalue weighted by Crippen LogP contribution is 2.26. The van der Waals surface area contributed by atoms with Gasteiger partial charge < -0.3 is 14.0 Å². The molecule has 4 heterocycles. The molecular formula is C19H26N8O. The summed E-state index contributed by atoms with van der Waals surface area (Å²) in [5, 5.41) is 13.1. The Kier molecular flexibility index (Phi) is 5.23. The van der Waals surface area contributed by atoms with Gasteiger partial charge in [0.05, 0.1) is 19.1 Å². The fraction of sp³-hybridized carbons (Fsp3) is 0.526. The van der Waals surface area contributed by atoms with Crippen molar-refractivity contribution in [2.24, 2.45) is 7.05 Å². The second-order valence-electron chi connectivity index (χ2n) is 7.48. The van der Waals surface area contributed by atoms with Gasteiger partial charge in [0, 0.05) is 57.6 Å². The summed E-state index contributed by atoms with van der Waals surface area (Å²) in [6.07, 6.45) is 11.7. The molecule has 3 aromatic heterocycles. The molecule has 4 rings (SSSR count). The van der Waals surface area contributed by atoms with Crippen LogP contribution < -0.4 is 0 Å². The minimum Gasteiger partial charge on any atom is -0.342 e. The van der Waals surface area contributed by atoms with Crippen molar-refractivity contribution in [3.05, 3.63) is 48.3 Å². The second-order valence-corrected chi connectivity index (χ2v) is 7.48. The van der Waals surface area contributed by atoms with Crippen LogP contribution in [-0.4, -0.2) is 58.0 Å².